The summed E-state index contributed by atoms with van der Waals surface area (Å²) >= 11 is 0. The van der Waals surface area contributed by atoms with E-state index in [4.69, 9.17) is 9.05 Å². The van der Waals surface area contributed by atoms with Gasteiger partial charge in [-0.05, 0) is 19.3 Å². The molecular formula is C19H19N3O3. The fourth-order valence-corrected chi connectivity index (χ4v) is 3.22. The second kappa shape index (κ2) is 6.55. The molecule has 0 aliphatic carbocycles. The van der Waals surface area contributed by atoms with E-state index in [9.17, 15) is 4.79 Å². The monoisotopic (exact) mass is 337 g/mol. The molecule has 4 rings (SSSR count). The molecule has 0 saturated carbocycles. The molecule has 0 spiro atoms. The van der Waals surface area contributed by atoms with Crippen molar-refractivity contribution in [2.24, 2.45) is 0 Å². The summed E-state index contributed by atoms with van der Waals surface area (Å²) in [5, 5.41) is 8.02. The molecule has 25 heavy (non-hydrogen) atoms. The number of hydrogen-bond acceptors (Lipinski definition) is 5. The third-order valence-electron chi connectivity index (χ3n) is 4.57. The Bertz CT molecular complexity index is 869. The third kappa shape index (κ3) is 2.95. The van der Waals surface area contributed by atoms with Crippen molar-refractivity contribution in [2.75, 3.05) is 6.54 Å². The molecule has 128 valence electrons. The zero-order valence-electron chi connectivity index (χ0n) is 14.0. The van der Waals surface area contributed by atoms with Gasteiger partial charge in [0.2, 0.25) is 0 Å². The van der Waals surface area contributed by atoms with Crippen LogP contribution in [0, 0.1) is 0 Å². The van der Waals surface area contributed by atoms with Crippen LogP contribution in [0.3, 0.4) is 0 Å². The largest absolute Gasteiger partial charge is 0.359 e. The summed E-state index contributed by atoms with van der Waals surface area (Å²) in [5.74, 6) is 1.20. The molecule has 0 N–H and O–H groups in total. The first-order valence-electron chi connectivity index (χ1n) is 8.55. The first-order valence-corrected chi connectivity index (χ1v) is 8.55. The van der Waals surface area contributed by atoms with Gasteiger partial charge >= 0.3 is 0 Å². The fraction of sp³-hybridized carbons (Fsp3) is 0.316. The standard InChI is InChI=1S/C19H19N3O3/c1-2-14-11-18(25-20-14)16-9-6-10-22(16)19(23)15-12-17(24-21-15)13-7-4-3-5-8-13/h3-5,7-8,11-12,16H,2,6,9-10H2,1H3. The van der Waals surface area contributed by atoms with Gasteiger partial charge in [-0.2, -0.15) is 0 Å². The summed E-state index contributed by atoms with van der Waals surface area (Å²) in [5.41, 5.74) is 2.12. The molecule has 1 atom stereocenters. The van der Waals surface area contributed by atoms with E-state index >= 15 is 0 Å². The smallest absolute Gasteiger partial charge is 0.276 e. The second-order valence-corrected chi connectivity index (χ2v) is 6.17. The van der Waals surface area contributed by atoms with Gasteiger partial charge < -0.3 is 13.9 Å². The molecule has 1 unspecified atom stereocenters. The Labute approximate surface area is 145 Å². The Kier molecular flexibility index (Phi) is 4.09. The van der Waals surface area contributed by atoms with Crippen LogP contribution < -0.4 is 0 Å². The van der Waals surface area contributed by atoms with Crippen LogP contribution in [0.2, 0.25) is 0 Å². The van der Waals surface area contributed by atoms with Crippen molar-refractivity contribution in [3.05, 3.63) is 59.6 Å². The normalized spacial score (nSPS) is 17.2. The number of rotatable bonds is 4. The van der Waals surface area contributed by atoms with Gasteiger partial charge in [0.1, 0.15) is 0 Å². The number of amides is 1. The van der Waals surface area contributed by atoms with Crippen LogP contribution in [0.1, 0.15) is 47.7 Å². The second-order valence-electron chi connectivity index (χ2n) is 6.17. The molecule has 1 aromatic carbocycles. The van der Waals surface area contributed by atoms with Crippen LogP contribution in [0.5, 0.6) is 0 Å². The van der Waals surface area contributed by atoms with Crippen molar-refractivity contribution in [1.82, 2.24) is 15.2 Å². The molecule has 6 heteroatoms. The summed E-state index contributed by atoms with van der Waals surface area (Å²) in [7, 11) is 0. The molecule has 2 aromatic heterocycles. The number of carbonyl (C=O) groups is 1. The first-order chi connectivity index (χ1) is 12.3. The maximum absolute atomic E-state index is 12.9. The lowest BCUT2D eigenvalue weighted by atomic mass is 10.1. The Morgan fingerprint density at radius 1 is 1.20 bits per heavy atom. The van der Waals surface area contributed by atoms with Crippen molar-refractivity contribution in [2.45, 2.75) is 32.2 Å². The average Bonchev–Trinajstić information content (AvgIpc) is 3.41. The van der Waals surface area contributed by atoms with E-state index in [1.54, 1.807) is 11.0 Å². The number of aromatic nitrogens is 2. The highest BCUT2D eigenvalue weighted by molar-refractivity contribution is 5.93. The predicted octanol–water partition coefficient (Wildman–Crippen LogP) is 3.87. The van der Waals surface area contributed by atoms with E-state index in [0.717, 1.165) is 36.3 Å². The summed E-state index contributed by atoms with van der Waals surface area (Å²) in [6.07, 6.45) is 2.61. The van der Waals surface area contributed by atoms with Crippen LogP contribution in [-0.2, 0) is 6.42 Å². The molecule has 1 saturated heterocycles. The highest BCUT2D eigenvalue weighted by Gasteiger charge is 2.34. The van der Waals surface area contributed by atoms with E-state index in [1.807, 2.05) is 43.3 Å². The van der Waals surface area contributed by atoms with E-state index in [-0.39, 0.29) is 11.9 Å². The number of nitrogens with zero attached hydrogens (tertiary/aromatic N) is 3. The van der Waals surface area contributed by atoms with Gasteiger partial charge in [0.25, 0.3) is 5.91 Å². The summed E-state index contributed by atoms with van der Waals surface area (Å²) < 4.78 is 10.8. The Balaban J connectivity index is 1.57. The highest BCUT2D eigenvalue weighted by Crippen LogP contribution is 2.34. The SMILES string of the molecule is CCc1cc(C2CCCN2C(=O)c2cc(-c3ccccc3)on2)on1. The molecule has 1 amide bonds. The van der Waals surface area contributed by atoms with E-state index in [1.165, 1.54) is 0 Å². The van der Waals surface area contributed by atoms with Gasteiger partial charge in [-0.15, -0.1) is 0 Å². The van der Waals surface area contributed by atoms with Gasteiger partial charge in [-0.1, -0.05) is 47.6 Å². The number of aryl methyl sites for hydroxylation is 1. The average molecular weight is 337 g/mol. The molecule has 1 fully saturated rings. The third-order valence-corrected chi connectivity index (χ3v) is 4.57. The summed E-state index contributed by atoms with van der Waals surface area (Å²) in [6, 6.07) is 13.2. The van der Waals surface area contributed by atoms with Gasteiger partial charge in [0.15, 0.2) is 17.2 Å². The lowest BCUT2D eigenvalue weighted by molar-refractivity contribution is 0.0704. The lowest BCUT2D eigenvalue weighted by Crippen LogP contribution is -2.30. The molecule has 0 bridgehead atoms. The van der Waals surface area contributed by atoms with Gasteiger partial charge in [0.05, 0.1) is 11.7 Å². The topological polar surface area (TPSA) is 72.4 Å². The number of benzene rings is 1. The minimum atomic E-state index is -0.136. The Morgan fingerprint density at radius 2 is 2.04 bits per heavy atom. The van der Waals surface area contributed by atoms with Crippen molar-refractivity contribution in [3.8, 4) is 11.3 Å². The lowest BCUT2D eigenvalue weighted by Gasteiger charge is -2.21. The van der Waals surface area contributed by atoms with Crippen molar-refractivity contribution < 1.29 is 13.8 Å². The van der Waals surface area contributed by atoms with E-state index in [2.05, 4.69) is 10.3 Å². The van der Waals surface area contributed by atoms with Crippen LogP contribution in [0.4, 0.5) is 0 Å². The minimum Gasteiger partial charge on any atom is -0.359 e. The first kappa shape index (κ1) is 15.6. The van der Waals surface area contributed by atoms with Gasteiger partial charge in [-0.25, -0.2) is 0 Å². The Morgan fingerprint density at radius 3 is 2.80 bits per heavy atom. The maximum atomic E-state index is 12.9. The molecule has 1 aliphatic rings. The van der Waals surface area contributed by atoms with Crippen molar-refractivity contribution in [1.29, 1.82) is 0 Å². The van der Waals surface area contributed by atoms with Crippen LogP contribution in [-0.4, -0.2) is 27.7 Å². The maximum Gasteiger partial charge on any atom is 0.276 e. The minimum absolute atomic E-state index is 0.0859. The Hall–Kier alpha value is -2.89. The molecule has 0 radical (unpaired) electrons. The molecule has 1 aliphatic heterocycles. The van der Waals surface area contributed by atoms with Crippen LogP contribution in [0.15, 0.2) is 51.5 Å². The van der Waals surface area contributed by atoms with Crippen LogP contribution in [0.25, 0.3) is 11.3 Å². The molecular weight excluding hydrogens is 318 g/mol. The summed E-state index contributed by atoms with van der Waals surface area (Å²) in [6.45, 7) is 2.71. The van der Waals surface area contributed by atoms with E-state index in [0.29, 0.717) is 18.0 Å². The van der Waals surface area contributed by atoms with Crippen LogP contribution >= 0.6 is 0 Å². The van der Waals surface area contributed by atoms with E-state index < -0.39 is 0 Å². The van der Waals surface area contributed by atoms with Crippen molar-refractivity contribution in [3.63, 3.8) is 0 Å². The highest BCUT2D eigenvalue weighted by atomic mass is 16.5. The molecule has 6 nitrogen and oxygen atoms in total. The quantitative estimate of drug-likeness (QED) is 0.722. The predicted molar refractivity (Wildman–Crippen MR) is 90.8 cm³/mol. The zero-order valence-corrected chi connectivity index (χ0v) is 14.0. The fourth-order valence-electron chi connectivity index (χ4n) is 3.22. The zero-order chi connectivity index (χ0) is 17.2. The molecule has 3 aromatic rings. The number of carbonyl (C=O) groups excluding carboxylic acids is 1. The summed E-state index contributed by atoms with van der Waals surface area (Å²) in [4.78, 5) is 14.7. The van der Waals surface area contributed by atoms with Gasteiger partial charge in [-0.3, -0.25) is 4.79 Å². The van der Waals surface area contributed by atoms with Gasteiger partial charge in [0, 0.05) is 24.2 Å². The molecule has 3 heterocycles. The van der Waals surface area contributed by atoms with Crippen molar-refractivity contribution >= 4 is 5.91 Å². The number of likely N-dealkylation sites (tertiary alicyclic amines) is 1. The number of hydrogen-bond donors (Lipinski definition) is 0.